The van der Waals surface area contributed by atoms with Gasteiger partial charge in [0, 0.05) is 12.1 Å². The van der Waals surface area contributed by atoms with Crippen LogP contribution in [0.3, 0.4) is 0 Å². The Hall–Kier alpha value is -1.52. The molecule has 0 radical (unpaired) electrons. The average molecular weight is 277 g/mol. The van der Waals surface area contributed by atoms with Gasteiger partial charge in [-0.15, -0.1) is 0 Å². The van der Waals surface area contributed by atoms with E-state index >= 15 is 0 Å². The Labute approximate surface area is 117 Å². The van der Waals surface area contributed by atoms with Crippen molar-refractivity contribution in [2.75, 3.05) is 7.11 Å². The molecule has 1 aromatic heterocycles. The van der Waals surface area contributed by atoms with Gasteiger partial charge in [0.25, 0.3) is 0 Å². The van der Waals surface area contributed by atoms with Crippen molar-refractivity contribution in [2.45, 2.75) is 25.9 Å². The highest BCUT2D eigenvalue weighted by atomic mass is 32.1. The van der Waals surface area contributed by atoms with E-state index in [9.17, 15) is 5.11 Å². The van der Waals surface area contributed by atoms with Crippen molar-refractivity contribution in [1.29, 1.82) is 0 Å². The molecule has 3 nitrogen and oxygen atoms in total. The lowest BCUT2D eigenvalue weighted by Gasteiger charge is -2.20. The molecule has 1 heterocycles. The molecule has 0 aliphatic carbocycles. The van der Waals surface area contributed by atoms with Gasteiger partial charge < -0.3 is 15.2 Å². The quantitative estimate of drug-likeness (QED) is 0.871. The van der Waals surface area contributed by atoms with Gasteiger partial charge >= 0.3 is 0 Å². The van der Waals surface area contributed by atoms with Gasteiger partial charge in [0.05, 0.1) is 7.11 Å². The van der Waals surface area contributed by atoms with Crippen molar-refractivity contribution >= 4 is 11.3 Å². The third-order valence-electron chi connectivity index (χ3n) is 3.25. The van der Waals surface area contributed by atoms with Crippen LogP contribution in [0.5, 0.6) is 11.5 Å². The van der Waals surface area contributed by atoms with Crippen molar-refractivity contribution < 1.29 is 9.84 Å². The lowest BCUT2D eigenvalue weighted by Crippen LogP contribution is -2.22. The van der Waals surface area contributed by atoms with Crippen molar-refractivity contribution in [3.8, 4) is 11.5 Å². The lowest BCUT2D eigenvalue weighted by molar-refractivity contribution is 0.371. The van der Waals surface area contributed by atoms with Crippen LogP contribution in [0.1, 0.15) is 37.1 Å². The summed E-state index contributed by atoms with van der Waals surface area (Å²) in [4.78, 5) is 0. The first-order chi connectivity index (χ1) is 9.11. The Bertz CT molecular complexity index is 525. The maximum absolute atomic E-state index is 9.60. The molecule has 19 heavy (non-hydrogen) atoms. The summed E-state index contributed by atoms with van der Waals surface area (Å²) in [6, 6.07) is 8.06. The Morgan fingerprint density at radius 1 is 1.16 bits per heavy atom. The minimum atomic E-state index is 0.171. The zero-order valence-corrected chi connectivity index (χ0v) is 12.2. The smallest absolute Gasteiger partial charge is 0.160 e. The molecule has 0 aliphatic rings. The summed E-state index contributed by atoms with van der Waals surface area (Å²) in [6.45, 7) is 4.25. The van der Waals surface area contributed by atoms with E-state index in [1.54, 1.807) is 24.5 Å². The number of methoxy groups -OCH3 is 1. The van der Waals surface area contributed by atoms with Gasteiger partial charge in [-0.1, -0.05) is 6.07 Å². The van der Waals surface area contributed by atoms with Gasteiger partial charge in [-0.2, -0.15) is 11.3 Å². The van der Waals surface area contributed by atoms with Crippen molar-refractivity contribution in [3.05, 3.63) is 46.2 Å². The monoisotopic (exact) mass is 277 g/mol. The Morgan fingerprint density at radius 2 is 1.89 bits per heavy atom. The molecule has 0 spiro atoms. The van der Waals surface area contributed by atoms with Gasteiger partial charge in [-0.3, -0.25) is 0 Å². The number of hydrogen-bond acceptors (Lipinski definition) is 4. The van der Waals surface area contributed by atoms with Crippen LogP contribution in [-0.2, 0) is 0 Å². The molecule has 102 valence electrons. The second kappa shape index (κ2) is 6.08. The van der Waals surface area contributed by atoms with E-state index in [0.717, 1.165) is 5.56 Å². The first-order valence-corrected chi connectivity index (χ1v) is 7.21. The number of rotatable bonds is 5. The molecule has 2 atom stereocenters. The molecule has 2 unspecified atom stereocenters. The number of nitrogens with one attached hydrogen (secondary N) is 1. The number of thiophene rings is 1. The minimum Gasteiger partial charge on any atom is -0.504 e. The van der Waals surface area contributed by atoms with E-state index in [-0.39, 0.29) is 11.8 Å². The molecular formula is C15H19NO2S. The third-order valence-corrected chi connectivity index (χ3v) is 3.95. The molecule has 4 heteroatoms. The van der Waals surface area contributed by atoms with Gasteiger partial charge in [-0.05, 0) is 53.9 Å². The normalized spacial score (nSPS) is 14.1. The highest BCUT2D eigenvalue weighted by Gasteiger charge is 2.13. The summed E-state index contributed by atoms with van der Waals surface area (Å²) in [5.74, 6) is 0.679. The molecule has 0 bridgehead atoms. The molecule has 1 aromatic carbocycles. The molecule has 2 rings (SSSR count). The van der Waals surface area contributed by atoms with Crippen LogP contribution in [0.2, 0.25) is 0 Å². The molecule has 0 fully saturated rings. The Balaban J connectivity index is 2.09. The Morgan fingerprint density at radius 3 is 2.53 bits per heavy atom. The van der Waals surface area contributed by atoms with E-state index in [0.29, 0.717) is 11.8 Å². The SMILES string of the molecule is COc1cc(C(C)NC(C)c2ccsc2)ccc1O. The van der Waals surface area contributed by atoms with Gasteiger partial charge in [0.2, 0.25) is 0 Å². The van der Waals surface area contributed by atoms with Gasteiger partial charge in [0.15, 0.2) is 11.5 Å². The van der Waals surface area contributed by atoms with E-state index in [1.165, 1.54) is 5.56 Å². The summed E-state index contributed by atoms with van der Waals surface area (Å²) >= 11 is 1.71. The largest absolute Gasteiger partial charge is 0.504 e. The summed E-state index contributed by atoms with van der Waals surface area (Å²) in [7, 11) is 1.56. The summed E-state index contributed by atoms with van der Waals surface area (Å²) in [5.41, 5.74) is 2.39. The maximum Gasteiger partial charge on any atom is 0.160 e. The number of phenolic OH excluding ortho intramolecular Hbond substituents is 1. The topological polar surface area (TPSA) is 41.5 Å². The van der Waals surface area contributed by atoms with Crippen LogP contribution < -0.4 is 10.1 Å². The number of aromatic hydroxyl groups is 1. The fraction of sp³-hybridized carbons (Fsp3) is 0.333. The molecule has 0 aliphatic heterocycles. The van der Waals surface area contributed by atoms with Crippen molar-refractivity contribution in [2.24, 2.45) is 0 Å². The predicted molar refractivity (Wildman–Crippen MR) is 78.9 cm³/mol. The standard InChI is InChI=1S/C15H19NO2S/c1-10(16-11(2)13-6-7-19-9-13)12-4-5-14(17)15(8-12)18-3/h4-11,16-17H,1-3H3. The Kier molecular flexibility index (Phi) is 4.45. The maximum atomic E-state index is 9.60. The summed E-state index contributed by atoms with van der Waals surface area (Å²) in [5, 5.41) is 17.4. The van der Waals surface area contributed by atoms with Crippen LogP contribution in [0.15, 0.2) is 35.0 Å². The minimum absolute atomic E-state index is 0.171. The van der Waals surface area contributed by atoms with E-state index in [1.807, 2.05) is 12.1 Å². The van der Waals surface area contributed by atoms with Crippen LogP contribution in [0, 0.1) is 0 Å². The lowest BCUT2D eigenvalue weighted by atomic mass is 10.1. The van der Waals surface area contributed by atoms with E-state index in [4.69, 9.17) is 4.74 Å². The van der Waals surface area contributed by atoms with Crippen molar-refractivity contribution in [3.63, 3.8) is 0 Å². The number of benzene rings is 1. The van der Waals surface area contributed by atoms with Gasteiger partial charge in [0.1, 0.15) is 0 Å². The predicted octanol–water partition coefficient (Wildman–Crippen LogP) is 3.87. The summed E-state index contributed by atoms with van der Waals surface area (Å²) in [6.07, 6.45) is 0. The van der Waals surface area contributed by atoms with Gasteiger partial charge in [-0.25, -0.2) is 0 Å². The van der Waals surface area contributed by atoms with E-state index in [2.05, 4.69) is 36.0 Å². The molecule has 0 saturated carbocycles. The second-order valence-electron chi connectivity index (χ2n) is 4.60. The highest BCUT2D eigenvalue weighted by molar-refractivity contribution is 7.07. The molecule has 0 amide bonds. The van der Waals surface area contributed by atoms with Crippen LogP contribution >= 0.6 is 11.3 Å². The first kappa shape index (κ1) is 13.9. The third kappa shape index (κ3) is 3.28. The average Bonchev–Trinajstić information content (AvgIpc) is 2.93. The second-order valence-corrected chi connectivity index (χ2v) is 5.38. The molecule has 0 saturated heterocycles. The zero-order valence-electron chi connectivity index (χ0n) is 11.4. The zero-order chi connectivity index (χ0) is 13.8. The summed E-state index contributed by atoms with van der Waals surface area (Å²) < 4.78 is 5.14. The van der Waals surface area contributed by atoms with Crippen LogP contribution in [0.4, 0.5) is 0 Å². The van der Waals surface area contributed by atoms with Crippen LogP contribution in [0.25, 0.3) is 0 Å². The number of hydrogen-bond donors (Lipinski definition) is 2. The molecule has 2 N–H and O–H groups in total. The fourth-order valence-electron chi connectivity index (χ4n) is 2.05. The fourth-order valence-corrected chi connectivity index (χ4v) is 2.81. The van der Waals surface area contributed by atoms with Crippen molar-refractivity contribution in [1.82, 2.24) is 5.32 Å². The first-order valence-electron chi connectivity index (χ1n) is 6.27. The van der Waals surface area contributed by atoms with Crippen LogP contribution in [-0.4, -0.2) is 12.2 Å². The highest BCUT2D eigenvalue weighted by Crippen LogP contribution is 2.29. The number of phenols is 1. The number of ether oxygens (including phenoxy) is 1. The molecule has 2 aromatic rings. The molecular weight excluding hydrogens is 258 g/mol. The van der Waals surface area contributed by atoms with E-state index < -0.39 is 0 Å².